The van der Waals surface area contributed by atoms with Crippen LogP contribution in [0, 0.1) is 0 Å². The van der Waals surface area contributed by atoms with E-state index in [9.17, 15) is 0 Å². The summed E-state index contributed by atoms with van der Waals surface area (Å²) in [6.45, 7) is 0. The van der Waals surface area contributed by atoms with Crippen molar-refractivity contribution in [3.05, 3.63) is 45.1 Å². The largest absolute Gasteiger partial charge is 0.271 e. The van der Waals surface area contributed by atoms with Gasteiger partial charge in [0.25, 0.3) is 0 Å². The minimum absolute atomic E-state index is 0.0606. The van der Waals surface area contributed by atoms with E-state index in [0.29, 0.717) is 0 Å². The Bertz CT molecular complexity index is 446. The molecule has 1 unspecified atom stereocenters. The van der Waals surface area contributed by atoms with Gasteiger partial charge in [-0.25, -0.2) is 0 Å². The topological polar surface area (TPSA) is 63.8 Å². The van der Waals surface area contributed by atoms with Crippen LogP contribution in [-0.2, 0) is 6.42 Å². The summed E-state index contributed by atoms with van der Waals surface area (Å²) in [5.41, 5.74) is 5.68. The van der Waals surface area contributed by atoms with Crippen LogP contribution in [0.3, 0.4) is 0 Å². The lowest BCUT2D eigenvalue weighted by atomic mass is 10.1. The Morgan fingerprint density at radius 2 is 2.25 bits per heavy atom. The van der Waals surface area contributed by atoms with Gasteiger partial charge in [0, 0.05) is 34.4 Å². The van der Waals surface area contributed by atoms with E-state index in [2.05, 4.69) is 31.3 Å². The minimum Gasteiger partial charge on any atom is -0.271 e. The highest BCUT2D eigenvalue weighted by molar-refractivity contribution is 9.10. The zero-order chi connectivity index (χ0) is 11.4. The van der Waals surface area contributed by atoms with E-state index in [1.165, 1.54) is 4.88 Å². The fourth-order valence-corrected chi connectivity index (χ4v) is 2.46. The summed E-state index contributed by atoms with van der Waals surface area (Å²) >= 11 is 5.02. The number of rotatable bonds is 4. The van der Waals surface area contributed by atoms with Crippen LogP contribution in [0.25, 0.3) is 0 Å². The number of halogens is 1. The number of aromatic nitrogens is 2. The van der Waals surface area contributed by atoms with Crippen LogP contribution in [0.5, 0.6) is 0 Å². The Labute approximate surface area is 106 Å². The number of hydrogen-bond donors (Lipinski definition) is 2. The molecule has 16 heavy (non-hydrogen) atoms. The van der Waals surface area contributed by atoms with Gasteiger partial charge in [0.2, 0.25) is 0 Å². The number of nitrogens with zero attached hydrogens (tertiary/aromatic N) is 2. The summed E-state index contributed by atoms with van der Waals surface area (Å²) in [5.74, 6) is 5.56. The van der Waals surface area contributed by atoms with E-state index in [1.54, 1.807) is 17.5 Å². The van der Waals surface area contributed by atoms with Crippen LogP contribution in [-0.4, -0.2) is 9.97 Å². The first kappa shape index (κ1) is 11.7. The van der Waals surface area contributed by atoms with Gasteiger partial charge in [0.1, 0.15) is 0 Å². The van der Waals surface area contributed by atoms with Crippen molar-refractivity contribution in [3.8, 4) is 0 Å². The normalized spacial score (nSPS) is 12.6. The van der Waals surface area contributed by atoms with Crippen molar-refractivity contribution in [3.63, 3.8) is 0 Å². The number of hydrogen-bond acceptors (Lipinski definition) is 5. The van der Waals surface area contributed by atoms with Gasteiger partial charge in [0.15, 0.2) is 0 Å². The van der Waals surface area contributed by atoms with Crippen molar-refractivity contribution < 1.29 is 0 Å². The molecule has 0 saturated heterocycles. The van der Waals surface area contributed by atoms with E-state index in [0.717, 1.165) is 16.5 Å². The highest BCUT2D eigenvalue weighted by atomic mass is 79.9. The molecule has 0 radical (unpaired) electrons. The number of pyridine rings is 1. The van der Waals surface area contributed by atoms with Crippen LogP contribution < -0.4 is 11.3 Å². The van der Waals surface area contributed by atoms with Gasteiger partial charge >= 0.3 is 0 Å². The molecule has 0 aromatic carbocycles. The van der Waals surface area contributed by atoms with Crippen molar-refractivity contribution in [1.82, 2.24) is 15.4 Å². The van der Waals surface area contributed by atoms with E-state index < -0.39 is 0 Å². The fourth-order valence-electron chi connectivity index (χ4n) is 1.44. The predicted molar refractivity (Wildman–Crippen MR) is 67.8 cm³/mol. The lowest BCUT2D eigenvalue weighted by Gasteiger charge is -2.14. The smallest absolute Gasteiger partial charge is 0.0794 e. The van der Waals surface area contributed by atoms with E-state index in [4.69, 9.17) is 5.84 Å². The maximum atomic E-state index is 5.56. The van der Waals surface area contributed by atoms with Gasteiger partial charge in [-0.3, -0.25) is 21.2 Å². The second-order valence-corrected chi connectivity index (χ2v) is 5.21. The van der Waals surface area contributed by atoms with E-state index in [-0.39, 0.29) is 6.04 Å². The molecule has 2 aromatic rings. The molecule has 1 atom stereocenters. The third kappa shape index (κ3) is 2.85. The van der Waals surface area contributed by atoms with Crippen LogP contribution >= 0.6 is 27.3 Å². The van der Waals surface area contributed by atoms with Crippen molar-refractivity contribution in [2.45, 2.75) is 12.5 Å². The molecule has 2 aromatic heterocycles. The van der Waals surface area contributed by atoms with Gasteiger partial charge in [-0.2, -0.15) is 0 Å². The van der Waals surface area contributed by atoms with Gasteiger partial charge in [-0.1, -0.05) is 0 Å². The predicted octanol–water partition coefficient (Wildman–Crippen LogP) is 2.05. The number of nitrogens with two attached hydrogens (primary N) is 1. The Kier molecular flexibility index (Phi) is 4.00. The quantitative estimate of drug-likeness (QED) is 0.670. The molecule has 0 aliphatic carbocycles. The van der Waals surface area contributed by atoms with Crippen LogP contribution in [0.2, 0.25) is 0 Å². The summed E-state index contributed by atoms with van der Waals surface area (Å²) in [6.07, 6.45) is 6.25. The molecule has 0 fully saturated rings. The van der Waals surface area contributed by atoms with Crippen molar-refractivity contribution in [2.24, 2.45) is 5.84 Å². The highest BCUT2D eigenvalue weighted by Crippen LogP contribution is 2.21. The first-order chi connectivity index (χ1) is 7.79. The molecule has 6 heteroatoms. The van der Waals surface area contributed by atoms with Crippen molar-refractivity contribution in [2.75, 3.05) is 0 Å². The molecule has 4 nitrogen and oxygen atoms in total. The monoisotopic (exact) mass is 298 g/mol. The first-order valence-corrected chi connectivity index (χ1v) is 6.41. The Balaban J connectivity index is 2.16. The molecule has 3 N–H and O–H groups in total. The maximum Gasteiger partial charge on any atom is 0.0794 e. The van der Waals surface area contributed by atoms with E-state index >= 15 is 0 Å². The average molecular weight is 299 g/mol. The summed E-state index contributed by atoms with van der Waals surface area (Å²) in [7, 11) is 0. The highest BCUT2D eigenvalue weighted by Gasteiger charge is 2.12. The van der Waals surface area contributed by atoms with Gasteiger partial charge in [-0.05, 0) is 27.6 Å². The molecule has 84 valence electrons. The molecule has 0 aliphatic rings. The fraction of sp³-hybridized carbons (Fsp3) is 0.200. The zero-order valence-electron chi connectivity index (χ0n) is 8.43. The molecule has 0 spiro atoms. The van der Waals surface area contributed by atoms with Crippen molar-refractivity contribution >= 4 is 27.3 Å². The molecule has 0 saturated carbocycles. The van der Waals surface area contributed by atoms with Crippen LogP contribution in [0.4, 0.5) is 0 Å². The minimum atomic E-state index is 0.0606. The third-order valence-corrected chi connectivity index (χ3v) is 3.45. The molecular formula is C10H11BrN4S. The molecule has 0 aliphatic heterocycles. The lowest BCUT2D eigenvalue weighted by Crippen LogP contribution is -2.29. The van der Waals surface area contributed by atoms with Crippen LogP contribution in [0.15, 0.2) is 34.6 Å². The summed E-state index contributed by atoms with van der Waals surface area (Å²) in [4.78, 5) is 9.37. The Morgan fingerprint density at radius 3 is 2.88 bits per heavy atom. The Hall–Kier alpha value is -0.820. The van der Waals surface area contributed by atoms with Crippen molar-refractivity contribution in [1.29, 1.82) is 0 Å². The molecule has 2 heterocycles. The zero-order valence-corrected chi connectivity index (χ0v) is 10.8. The standard InChI is InChI=1S/C10H11BrN4S/c11-8-1-7(3-13-4-8)10(15-12)2-9-5-14-6-16-9/h1,3-6,10,15H,2,12H2. The lowest BCUT2D eigenvalue weighted by molar-refractivity contribution is 0.553. The molecule has 0 amide bonds. The maximum absolute atomic E-state index is 5.56. The summed E-state index contributed by atoms with van der Waals surface area (Å²) in [6, 6.07) is 2.07. The molecule has 2 rings (SSSR count). The summed E-state index contributed by atoms with van der Waals surface area (Å²) < 4.78 is 0.953. The second-order valence-electron chi connectivity index (χ2n) is 3.33. The number of nitrogens with one attached hydrogen (secondary N) is 1. The first-order valence-electron chi connectivity index (χ1n) is 4.73. The van der Waals surface area contributed by atoms with Gasteiger partial charge in [-0.15, -0.1) is 11.3 Å². The van der Waals surface area contributed by atoms with Crippen LogP contribution in [0.1, 0.15) is 16.5 Å². The van der Waals surface area contributed by atoms with E-state index in [1.807, 2.05) is 24.0 Å². The van der Waals surface area contributed by atoms with Gasteiger partial charge in [0.05, 0.1) is 11.6 Å². The third-order valence-electron chi connectivity index (χ3n) is 2.22. The average Bonchev–Trinajstić information content (AvgIpc) is 2.78. The van der Waals surface area contributed by atoms with Gasteiger partial charge < -0.3 is 0 Å². The molecular weight excluding hydrogens is 288 g/mol. The molecule has 0 bridgehead atoms. The SMILES string of the molecule is NNC(Cc1cncs1)c1cncc(Br)c1. The summed E-state index contributed by atoms with van der Waals surface area (Å²) in [5, 5.41) is 0. The second kappa shape index (κ2) is 5.49. The number of hydrazine groups is 1. The number of thiazole rings is 1. The Morgan fingerprint density at radius 1 is 1.38 bits per heavy atom.